The van der Waals surface area contributed by atoms with E-state index in [0.717, 1.165) is 131 Å². The van der Waals surface area contributed by atoms with E-state index in [0.29, 0.717) is 65.2 Å². The van der Waals surface area contributed by atoms with Crippen LogP contribution in [0, 0.1) is 98.7 Å². The van der Waals surface area contributed by atoms with Gasteiger partial charge in [-0.2, -0.15) is 0 Å². The summed E-state index contributed by atoms with van der Waals surface area (Å²) in [5, 5.41) is 46.1. The maximum absolute atomic E-state index is 11.2. The van der Waals surface area contributed by atoms with Crippen LogP contribution in [0.25, 0.3) is 131 Å². The third kappa shape index (κ3) is 35.6. The van der Waals surface area contributed by atoms with Crippen molar-refractivity contribution in [1.82, 2.24) is 39.9 Å². The molecule has 0 radical (unpaired) electrons. The molecule has 147 heavy (non-hydrogen) atoms. The second-order valence-corrected chi connectivity index (χ2v) is 30.3. The minimum atomic E-state index is -1.07. The predicted molar refractivity (Wildman–Crippen MR) is 565 cm³/mol. The van der Waals surface area contributed by atoms with Gasteiger partial charge in [0.25, 0.3) is 0 Å². The highest BCUT2D eigenvalue weighted by atomic mass is 16.5. The summed E-state index contributed by atoms with van der Waals surface area (Å²) in [5.41, 5.74) is 13.2. The first-order chi connectivity index (χ1) is 70.6. The summed E-state index contributed by atoms with van der Waals surface area (Å²) in [7, 11) is 0. The monoisotopic (exact) mass is 1980 g/mol. The largest absolute Gasteiger partial charge is 0.508 e. The molecule has 33 nitrogen and oxygen atoms in total. The van der Waals surface area contributed by atoms with Gasteiger partial charge in [-0.15, -0.1) is 0 Å². The summed E-state index contributed by atoms with van der Waals surface area (Å²) in [6.45, 7) is 24.7. The lowest BCUT2D eigenvalue weighted by Crippen LogP contribution is -2.07. The Kier molecular flexibility index (Phi) is 43.8. The molecule has 0 fully saturated rings. The van der Waals surface area contributed by atoms with Gasteiger partial charge in [-0.1, -0.05) is 35.5 Å². The van der Waals surface area contributed by atoms with Crippen molar-refractivity contribution in [1.29, 1.82) is 0 Å². The number of aromatic amines is 8. The molecule has 0 saturated carbocycles. The van der Waals surface area contributed by atoms with Gasteiger partial charge in [0.05, 0.1) is 25.3 Å². The average molecular weight is 1980 g/mol. The molecule has 0 aliphatic carbocycles. The Morgan fingerprint density at radius 3 is 1.15 bits per heavy atom. The third-order valence-corrected chi connectivity index (χ3v) is 19.7. The first-order valence-electron chi connectivity index (χ1n) is 44.8. The van der Waals surface area contributed by atoms with Crippen LogP contribution < -0.4 is 32.0 Å². The van der Waals surface area contributed by atoms with E-state index in [2.05, 4.69) is 113 Å². The SMILES string of the molecule is CC#CC(=O)O.CC#CC(=O)O.CC#CC(=O)OCC.CC#CC(=O)OCC.CC#CC(=O)Oc1ccc2[nH]ccc2c1.CC#CC(=O)Oc1ccc2cc[nH]c2c1.CCOC(=O)CC(C)=O.Cc1cc(=O)oc2cc3[nH]ccc3cc12.Cc1cc(=O)oc2cc3cc[nH]c3cc12.Cc1cc(=O)oc2ccc3[nH]ccc3c12.Cc1cc(=O)oc2ccc3cc[nH]c3c12.Oc1ccc2[nH]ccc2c1.Oc1ccc2cc[nH]c2c1. The molecule has 0 saturated heterocycles. The number of hydrogen-bond donors (Lipinski definition) is 12. The van der Waals surface area contributed by atoms with Gasteiger partial charge in [-0.25, -0.2) is 47.9 Å². The van der Waals surface area contributed by atoms with Gasteiger partial charge in [-0.05, 0) is 282 Å². The number of rotatable bonds is 7. The third-order valence-electron chi connectivity index (χ3n) is 19.7. The zero-order valence-electron chi connectivity index (χ0n) is 82.3. The van der Waals surface area contributed by atoms with Crippen molar-refractivity contribution in [2.24, 2.45) is 0 Å². The number of aliphatic carboxylic acids is 2. The lowest BCUT2D eigenvalue weighted by molar-refractivity contribution is -0.145. The number of carbonyl (C=O) groups is 8. The highest BCUT2D eigenvalue weighted by Gasteiger charge is 2.13. The number of aromatic nitrogens is 8. The van der Waals surface area contributed by atoms with E-state index in [1.165, 1.54) is 45.0 Å². The number of benzene rings is 8. The summed E-state index contributed by atoms with van der Waals surface area (Å²) >= 11 is 0. The summed E-state index contributed by atoms with van der Waals surface area (Å²) in [6.07, 6.45) is 14.8. The molecule has 0 spiro atoms. The van der Waals surface area contributed by atoms with Crippen molar-refractivity contribution >= 4 is 179 Å². The van der Waals surface area contributed by atoms with E-state index in [1.54, 1.807) is 97.0 Å². The molecule has 0 amide bonds. The first-order valence-corrected chi connectivity index (χ1v) is 44.8. The number of phenolic OH excluding ortho intramolecular Hbond substituents is 2. The minimum absolute atomic E-state index is 0.103. The number of aromatic hydroxyl groups is 2. The number of ketones is 1. The number of ether oxygens (including phenoxy) is 5. The van der Waals surface area contributed by atoms with E-state index in [4.69, 9.17) is 47.6 Å². The summed E-state index contributed by atoms with van der Waals surface area (Å²) in [4.78, 5) is 152. The number of hydrogen-bond acceptors (Lipinski definition) is 23. The highest BCUT2D eigenvalue weighted by molar-refractivity contribution is 6.07. The number of nitrogens with one attached hydrogen (secondary N) is 8. The predicted octanol–water partition coefficient (Wildman–Crippen LogP) is 20.1. The molecule has 0 aliphatic heterocycles. The molecule has 12 heterocycles. The lowest BCUT2D eigenvalue weighted by Gasteiger charge is -2.01. The van der Waals surface area contributed by atoms with Gasteiger partial charge >= 0.3 is 64.3 Å². The second kappa shape index (κ2) is 57.4. The van der Waals surface area contributed by atoms with Gasteiger partial charge in [0.2, 0.25) is 0 Å². The fraction of sp³-hybridized carbons (Fsp3) is 0.158. The Morgan fingerprint density at radius 2 is 0.646 bits per heavy atom. The Balaban J connectivity index is 0.000000196. The van der Waals surface area contributed by atoms with Crippen LogP contribution in [0.2, 0.25) is 0 Å². The van der Waals surface area contributed by atoms with Crippen LogP contribution in [-0.4, -0.2) is 128 Å². The fourth-order valence-corrected chi connectivity index (χ4v) is 13.6. The van der Waals surface area contributed by atoms with Gasteiger partial charge in [0, 0.05) is 220 Å². The minimum Gasteiger partial charge on any atom is -0.508 e. The summed E-state index contributed by atoms with van der Waals surface area (Å²) in [5.74, 6) is 24.0. The zero-order valence-corrected chi connectivity index (χ0v) is 82.3. The number of esters is 5. The second-order valence-electron chi connectivity index (χ2n) is 30.3. The normalized spacial score (nSPS) is 9.65. The number of fused-ring (bicyclic) bond motifs is 14. The number of carboxylic acids is 2. The Morgan fingerprint density at radius 1 is 0.299 bits per heavy atom. The van der Waals surface area contributed by atoms with E-state index < -0.39 is 41.8 Å². The molecule has 20 rings (SSSR count). The topological polar surface area (TPSA) is 511 Å². The average Bonchev–Trinajstić information content (AvgIpc) is 1.76. The molecule has 748 valence electrons. The molecule has 0 atom stereocenters. The van der Waals surface area contributed by atoms with Gasteiger partial charge < -0.3 is 102 Å². The number of carbonyl (C=O) groups excluding carboxylic acids is 6. The van der Waals surface area contributed by atoms with Crippen molar-refractivity contribution < 1.29 is 100 Å². The molecule has 12 N–H and O–H groups in total. The molecule has 20 aromatic rings. The smallest absolute Gasteiger partial charge is 0.389 e. The summed E-state index contributed by atoms with van der Waals surface area (Å²) in [6, 6.07) is 58.3. The molecule has 12 aromatic heterocycles. The zero-order chi connectivity index (χ0) is 107. The number of Topliss-reactive ketones (excluding diaryl/α,β-unsaturated/α-hetero) is 1. The van der Waals surface area contributed by atoms with E-state index >= 15 is 0 Å². The van der Waals surface area contributed by atoms with Crippen molar-refractivity contribution in [3.8, 4) is 94.0 Å². The van der Waals surface area contributed by atoms with Crippen molar-refractivity contribution in [3.05, 3.63) is 308 Å². The number of phenols is 2. The van der Waals surface area contributed by atoms with Crippen LogP contribution in [-0.2, 0) is 52.6 Å². The maximum Gasteiger partial charge on any atom is 0.389 e. The Labute approximate surface area is 839 Å². The molecular weight excluding hydrogens is 1880 g/mol. The van der Waals surface area contributed by atoms with Crippen molar-refractivity contribution in [3.63, 3.8) is 0 Å². The quantitative estimate of drug-likeness (QED) is 0.0134. The van der Waals surface area contributed by atoms with Gasteiger partial charge in [0.1, 0.15) is 57.5 Å². The molecule has 8 aromatic carbocycles. The molecule has 0 bridgehead atoms. The van der Waals surface area contributed by atoms with Crippen LogP contribution >= 0.6 is 0 Å². The Bertz CT molecular complexity index is 8240. The Hall–Kier alpha value is -20.2. The van der Waals surface area contributed by atoms with Crippen molar-refractivity contribution in [2.45, 2.75) is 103 Å². The van der Waals surface area contributed by atoms with E-state index in [9.17, 15) is 57.5 Å². The van der Waals surface area contributed by atoms with Crippen LogP contribution in [0.5, 0.6) is 23.0 Å². The van der Waals surface area contributed by atoms with Crippen LogP contribution in [0.1, 0.15) is 97.9 Å². The molecule has 0 unspecified atom stereocenters. The molecule has 0 aliphatic rings. The highest BCUT2D eigenvalue weighted by Crippen LogP contribution is 2.30. The number of aryl methyl sites for hydroxylation is 4. The van der Waals surface area contributed by atoms with E-state index in [1.807, 2.05) is 210 Å². The standard InChI is InChI=1S/6C12H9NO2.2C8H7NO.C6H10O3.2C6H8O2.2C4H4O2/c1-7-4-12(14)15-11-5-8-2-3-13-10(8)6-9(7)11;1-7-4-12(14)15-11-6-10-8(2-3-13-10)5-9(7)11;1-7-6-11(14)15-10-3-2-9-8(12(7)10)4-5-13-9;1-7-6-10(14)15-9-3-2-8-4-5-13-12(8)11(7)9;1-2-3-12(14)15-10-4-5-11-9(8-10)6-7-13-11;1-2-3-12(14)15-10-5-4-9-6-7-13-11(9)8-10;10-7-1-2-8-6(5-7)3-4-9-8;10-7-2-1-6-3-4-9-8(6)5-7;1-3-9-6(8)4-5(2)7;2*1-3-5-6(7)8-4-2;2*1-2-3-4(5)6/h4*2-6,13H,1H3;2*4-8,13H,1H3;2*1-5,9-10H;3-4H2,1-2H3;2*4H2,1-2H3;2*1H3,(H,5,6). The van der Waals surface area contributed by atoms with Gasteiger partial charge in [0.15, 0.2) is 0 Å². The van der Waals surface area contributed by atoms with Gasteiger partial charge in [-0.3, -0.25) is 9.59 Å². The first kappa shape index (κ1) is 112. The summed E-state index contributed by atoms with van der Waals surface area (Å²) < 4.78 is 44.0. The number of H-pyrrole nitrogens is 8. The van der Waals surface area contributed by atoms with Crippen LogP contribution in [0.15, 0.2) is 281 Å². The van der Waals surface area contributed by atoms with Crippen LogP contribution in [0.3, 0.4) is 0 Å². The number of carboxylic acid groups (broad SMARTS) is 2. The molecule has 33 heteroatoms. The molecular formula is C114H102N8O25. The maximum atomic E-state index is 11.2. The van der Waals surface area contributed by atoms with Crippen LogP contribution in [0.4, 0.5) is 0 Å². The van der Waals surface area contributed by atoms with Crippen molar-refractivity contribution in [2.75, 3.05) is 19.8 Å². The van der Waals surface area contributed by atoms with E-state index in [-0.39, 0.29) is 34.7 Å². The fourth-order valence-electron chi connectivity index (χ4n) is 13.6. The lowest BCUT2D eigenvalue weighted by atomic mass is 10.1.